The number of rotatable bonds is 5. The molecule has 0 saturated heterocycles. The molecule has 0 radical (unpaired) electrons. The molecule has 1 aliphatic carbocycles. The topological polar surface area (TPSA) is 22.1 Å². The van der Waals surface area contributed by atoms with Crippen molar-refractivity contribution in [2.75, 3.05) is 0 Å². The second-order valence-electron chi connectivity index (χ2n) is 7.35. The SMILES string of the molecule is CC(C)C1CCc2cc(OCc3cscn3)ccc2C1C(C)C. The molecular weight excluding hydrogens is 302 g/mol. The zero-order chi connectivity index (χ0) is 16.4. The van der Waals surface area contributed by atoms with Crippen LogP contribution in [-0.4, -0.2) is 4.98 Å². The Labute approximate surface area is 143 Å². The first kappa shape index (κ1) is 16.5. The molecule has 3 heteroatoms. The maximum absolute atomic E-state index is 5.93. The molecule has 0 bridgehead atoms. The Hall–Kier alpha value is -1.35. The highest BCUT2D eigenvalue weighted by Gasteiger charge is 2.33. The van der Waals surface area contributed by atoms with Crippen molar-refractivity contribution in [1.82, 2.24) is 4.98 Å². The number of thiazole rings is 1. The zero-order valence-electron chi connectivity index (χ0n) is 14.6. The summed E-state index contributed by atoms with van der Waals surface area (Å²) in [7, 11) is 0. The van der Waals surface area contributed by atoms with Gasteiger partial charge >= 0.3 is 0 Å². The number of ether oxygens (including phenoxy) is 1. The van der Waals surface area contributed by atoms with Gasteiger partial charge in [0, 0.05) is 5.38 Å². The normalized spacial score (nSPS) is 20.8. The lowest BCUT2D eigenvalue weighted by atomic mass is 9.66. The molecule has 2 unspecified atom stereocenters. The Morgan fingerprint density at radius 2 is 2.04 bits per heavy atom. The van der Waals surface area contributed by atoms with Gasteiger partial charge in [0.15, 0.2) is 0 Å². The van der Waals surface area contributed by atoms with Crippen molar-refractivity contribution in [2.45, 2.75) is 53.1 Å². The summed E-state index contributed by atoms with van der Waals surface area (Å²) in [5.74, 6) is 3.87. The molecule has 3 rings (SSSR count). The van der Waals surface area contributed by atoms with Crippen molar-refractivity contribution in [1.29, 1.82) is 0 Å². The van der Waals surface area contributed by atoms with Crippen LogP contribution >= 0.6 is 11.3 Å². The molecule has 2 aromatic rings. The smallest absolute Gasteiger partial charge is 0.131 e. The van der Waals surface area contributed by atoms with Crippen molar-refractivity contribution < 1.29 is 4.74 Å². The van der Waals surface area contributed by atoms with Crippen LogP contribution in [-0.2, 0) is 13.0 Å². The highest BCUT2D eigenvalue weighted by Crippen LogP contribution is 2.45. The lowest BCUT2D eigenvalue weighted by molar-refractivity contribution is 0.235. The van der Waals surface area contributed by atoms with E-state index in [0.29, 0.717) is 18.4 Å². The molecule has 1 aliphatic rings. The molecule has 1 heterocycles. The molecule has 2 atom stereocenters. The maximum Gasteiger partial charge on any atom is 0.131 e. The Bertz CT molecular complexity index is 633. The minimum Gasteiger partial charge on any atom is -0.487 e. The monoisotopic (exact) mass is 329 g/mol. The van der Waals surface area contributed by atoms with Crippen LogP contribution < -0.4 is 4.74 Å². The fourth-order valence-corrected chi connectivity index (χ4v) is 4.56. The van der Waals surface area contributed by atoms with E-state index in [-0.39, 0.29) is 0 Å². The average Bonchev–Trinajstić information content (AvgIpc) is 3.04. The standard InChI is InChI=1S/C20H27NOS/c1-13(2)18-7-5-15-9-17(22-10-16-11-23-12-21-16)6-8-19(15)20(18)14(3)4/h6,8-9,11-14,18,20H,5,7,10H2,1-4H3. The summed E-state index contributed by atoms with van der Waals surface area (Å²) in [4.78, 5) is 4.28. The second kappa shape index (κ2) is 7.04. The van der Waals surface area contributed by atoms with Crippen LogP contribution in [0.2, 0.25) is 0 Å². The summed E-state index contributed by atoms with van der Waals surface area (Å²) < 4.78 is 5.93. The lowest BCUT2D eigenvalue weighted by Crippen LogP contribution is -2.28. The highest BCUT2D eigenvalue weighted by atomic mass is 32.1. The molecule has 0 fully saturated rings. The van der Waals surface area contributed by atoms with Crippen molar-refractivity contribution >= 4 is 11.3 Å². The van der Waals surface area contributed by atoms with E-state index >= 15 is 0 Å². The Kier molecular flexibility index (Phi) is 5.05. The van der Waals surface area contributed by atoms with E-state index in [4.69, 9.17) is 4.74 Å². The van der Waals surface area contributed by atoms with Gasteiger partial charge in [0.2, 0.25) is 0 Å². The Morgan fingerprint density at radius 3 is 2.70 bits per heavy atom. The second-order valence-corrected chi connectivity index (χ2v) is 8.06. The first-order valence-corrected chi connectivity index (χ1v) is 9.63. The largest absolute Gasteiger partial charge is 0.487 e. The number of hydrogen-bond donors (Lipinski definition) is 0. The average molecular weight is 330 g/mol. The number of benzene rings is 1. The number of hydrogen-bond acceptors (Lipinski definition) is 3. The molecule has 0 amide bonds. The molecule has 0 aliphatic heterocycles. The van der Waals surface area contributed by atoms with Gasteiger partial charge in [0.1, 0.15) is 12.4 Å². The lowest BCUT2D eigenvalue weighted by Gasteiger charge is -2.39. The summed E-state index contributed by atoms with van der Waals surface area (Å²) in [5.41, 5.74) is 5.89. The third-order valence-electron chi connectivity index (χ3n) is 5.13. The van der Waals surface area contributed by atoms with Gasteiger partial charge in [-0.15, -0.1) is 11.3 Å². The molecule has 1 aromatic heterocycles. The van der Waals surface area contributed by atoms with Gasteiger partial charge in [0.25, 0.3) is 0 Å². The van der Waals surface area contributed by atoms with Gasteiger partial charge in [-0.05, 0) is 59.8 Å². The summed E-state index contributed by atoms with van der Waals surface area (Å²) in [5, 5.41) is 2.04. The quantitative estimate of drug-likeness (QED) is 0.704. The van der Waals surface area contributed by atoms with Gasteiger partial charge in [-0.2, -0.15) is 0 Å². The molecule has 124 valence electrons. The van der Waals surface area contributed by atoms with Crippen molar-refractivity contribution in [3.63, 3.8) is 0 Å². The summed E-state index contributed by atoms with van der Waals surface area (Å²) >= 11 is 1.61. The molecule has 23 heavy (non-hydrogen) atoms. The summed E-state index contributed by atoms with van der Waals surface area (Å²) in [6, 6.07) is 6.71. The van der Waals surface area contributed by atoms with Gasteiger partial charge in [0.05, 0.1) is 11.2 Å². The van der Waals surface area contributed by atoms with Gasteiger partial charge in [-0.1, -0.05) is 33.8 Å². The number of aromatic nitrogens is 1. The third kappa shape index (κ3) is 3.60. The first-order chi connectivity index (χ1) is 11.1. The minimum atomic E-state index is 0.560. The van der Waals surface area contributed by atoms with Crippen molar-refractivity contribution in [2.24, 2.45) is 17.8 Å². The van der Waals surface area contributed by atoms with E-state index < -0.39 is 0 Å². The van der Waals surface area contributed by atoms with Crippen LogP contribution in [0.5, 0.6) is 5.75 Å². The molecule has 1 aromatic carbocycles. The summed E-state index contributed by atoms with van der Waals surface area (Å²) in [6.07, 6.45) is 2.47. The van der Waals surface area contributed by atoms with Crippen LogP contribution in [0.1, 0.15) is 56.9 Å². The minimum absolute atomic E-state index is 0.560. The highest BCUT2D eigenvalue weighted by molar-refractivity contribution is 7.07. The third-order valence-corrected chi connectivity index (χ3v) is 5.76. The van der Waals surface area contributed by atoms with E-state index in [0.717, 1.165) is 23.3 Å². The van der Waals surface area contributed by atoms with Crippen molar-refractivity contribution in [3.8, 4) is 5.75 Å². The predicted octanol–water partition coefficient (Wildman–Crippen LogP) is 5.68. The van der Waals surface area contributed by atoms with Gasteiger partial charge in [-0.25, -0.2) is 4.98 Å². The van der Waals surface area contributed by atoms with E-state index in [9.17, 15) is 0 Å². The van der Waals surface area contributed by atoms with E-state index in [1.807, 2.05) is 10.9 Å². The number of nitrogens with zero attached hydrogens (tertiary/aromatic N) is 1. The van der Waals surface area contributed by atoms with Crippen LogP contribution in [0.3, 0.4) is 0 Å². The fraction of sp³-hybridized carbons (Fsp3) is 0.550. The van der Waals surface area contributed by atoms with Crippen LogP contribution in [0, 0.1) is 17.8 Å². The Balaban J connectivity index is 1.80. The van der Waals surface area contributed by atoms with Crippen LogP contribution in [0.15, 0.2) is 29.1 Å². The fourth-order valence-electron chi connectivity index (χ4n) is 4.01. The van der Waals surface area contributed by atoms with E-state index in [1.54, 1.807) is 16.9 Å². The number of fused-ring (bicyclic) bond motifs is 1. The predicted molar refractivity (Wildman–Crippen MR) is 97.1 cm³/mol. The van der Waals surface area contributed by atoms with Gasteiger partial charge in [-0.3, -0.25) is 0 Å². The molecule has 0 saturated carbocycles. The van der Waals surface area contributed by atoms with E-state index in [2.05, 4.69) is 50.9 Å². The zero-order valence-corrected chi connectivity index (χ0v) is 15.4. The summed E-state index contributed by atoms with van der Waals surface area (Å²) in [6.45, 7) is 10.0. The molecule has 0 N–H and O–H groups in total. The first-order valence-electron chi connectivity index (χ1n) is 8.69. The Morgan fingerprint density at radius 1 is 1.22 bits per heavy atom. The van der Waals surface area contributed by atoms with Gasteiger partial charge < -0.3 is 4.74 Å². The van der Waals surface area contributed by atoms with E-state index in [1.165, 1.54) is 18.4 Å². The van der Waals surface area contributed by atoms with Crippen molar-refractivity contribution in [3.05, 3.63) is 45.9 Å². The number of aryl methyl sites for hydroxylation is 1. The molecule has 0 spiro atoms. The molecular formula is C20H27NOS. The van der Waals surface area contributed by atoms with Crippen LogP contribution in [0.4, 0.5) is 0 Å². The molecule has 2 nitrogen and oxygen atoms in total. The maximum atomic E-state index is 5.93. The van der Waals surface area contributed by atoms with Crippen LogP contribution in [0.25, 0.3) is 0 Å².